The molecule has 2 aromatic rings. The van der Waals surface area contributed by atoms with E-state index in [0.29, 0.717) is 21.2 Å². The average Bonchev–Trinajstić information content (AvgIpc) is 2.41. The molecular weight excluding hydrogens is 324 g/mol. The van der Waals surface area contributed by atoms with Crippen LogP contribution >= 0.6 is 15.9 Å². The maximum Gasteiger partial charge on any atom is 0.142 e. The normalized spacial score (nSPS) is 12.5. The van der Waals surface area contributed by atoms with Gasteiger partial charge in [-0.15, -0.1) is 0 Å². The van der Waals surface area contributed by atoms with E-state index >= 15 is 0 Å². The van der Waals surface area contributed by atoms with Crippen LogP contribution in [-0.4, -0.2) is 7.05 Å². The molecule has 0 spiro atoms. The van der Waals surface area contributed by atoms with Crippen LogP contribution in [0.1, 0.15) is 28.3 Å². The first-order chi connectivity index (χ1) is 9.45. The molecular formula is C16H16BrF2N. The molecule has 1 atom stereocenters. The predicted octanol–water partition coefficient (Wildman–Crippen LogP) is 4.65. The Bertz CT molecular complexity index is 617. The molecule has 0 aliphatic rings. The van der Waals surface area contributed by atoms with Crippen LogP contribution in [0.25, 0.3) is 0 Å². The van der Waals surface area contributed by atoms with E-state index in [1.807, 2.05) is 0 Å². The first-order valence-corrected chi connectivity index (χ1v) is 7.12. The second-order valence-electron chi connectivity index (χ2n) is 4.83. The number of benzene rings is 2. The Morgan fingerprint density at radius 2 is 1.65 bits per heavy atom. The van der Waals surface area contributed by atoms with Crippen LogP contribution in [0, 0.1) is 25.5 Å². The van der Waals surface area contributed by atoms with Crippen LogP contribution in [-0.2, 0) is 0 Å². The standard InChI is InChI=1S/C16H16BrF2N/c1-9-7-11(8-10(2)14(9)18)16(20-3)12-5-4-6-13(17)15(12)19/h4-8,16,20H,1-3H3. The van der Waals surface area contributed by atoms with Gasteiger partial charge in [0, 0.05) is 5.56 Å². The summed E-state index contributed by atoms with van der Waals surface area (Å²) in [5.41, 5.74) is 2.51. The number of rotatable bonds is 3. The second kappa shape index (κ2) is 6.02. The van der Waals surface area contributed by atoms with E-state index in [4.69, 9.17) is 0 Å². The van der Waals surface area contributed by atoms with Crippen molar-refractivity contribution in [3.63, 3.8) is 0 Å². The summed E-state index contributed by atoms with van der Waals surface area (Å²) in [5, 5.41) is 3.09. The Labute approximate surface area is 126 Å². The molecule has 20 heavy (non-hydrogen) atoms. The van der Waals surface area contributed by atoms with Gasteiger partial charge < -0.3 is 5.32 Å². The molecule has 2 aromatic carbocycles. The highest BCUT2D eigenvalue weighted by Gasteiger charge is 2.19. The van der Waals surface area contributed by atoms with Crippen LogP contribution in [0.15, 0.2) is 34.8 Å². The van der Waals surface area contributed by atoms with E-state index in [2.05, 4.69) is 21.2 Å². The minimum absolute atomic E-state index is 0.210. The van der Waals surface area contributed by atoms with Gasteiger partial charge in [-0.3, -0.25) is 0 Å². The monoisotopic (exact) mass is 339 g/mol. The average molecular weight is 340 g/mol. The van der Waals surface area contributed by atoms with Crippen LogP contribution in [0.5, 0.6) is 0 Å². The molecule has 0 amide bonds. The minimum atomic E-state index is -0.314. The van der Waals surface area contributed by atoms with E-state index in [0.717, 1.165) is 5.56 Å². The fourth-order valence-corrected chi connectivity index (χ4v) is 2.77. The lowest BCUT2D eigenvalue weighted by Crippen LogP contribution is -2.19. The van der Waals surface area contributed by atoms with Gasteiger partial charge in [-0.2, -0.15) is 0 Å². The van der Waals surface area contributed by atoms with Gasteiger partial charge in [0.25, 0.3) is 0 Å². The number of hydrogen-bond acceptors (Lipinski definition) is 1. The maximum absolute atomic E-state index is 14.2. The molecule has 0 saturated carbocycles. The second-order valence-corrected chi connectivity index (χ2v) is 5.69. The van der Waals surface area contributed by atoms with Crippen molar-refractivity contribution in [1.82, 2.24) is 5.32 Å². The van der Waals surface area contributed by atoms with E-state index in [1.165, 1.54) is 0 Å². The van der Waals surface area contributed by atoms with Gasteiger partial charge in [0.1, 0.15) is 11.6 Å². The highest BCUT2D eigenvalue weighted by molar-refractivity contribution is 9.10. The van der Waals surface area contributed by atoms with E-state index in [-0.39, 0.29) is 17.7 Å². The first kappa shape index (κ1) is 15.1. The summed E-state index contributed by atoms with van der Waals surface area (Å²) < 4.78 is 28.4. The number of hydrogen-bond donors (Lipinski definition) is 1. The highest BCUT2D eigenvalue weighted by atomic mass is 79.9. The summed E-state index contributed by atoms with van der Waals surface area (Å²) >= 11 is 3.19. The summed E-state index contributed by atoms with van der Waals surface area (Å²) in [4.78, 5) is 0. The smallest absolute Gasteiger partial charge is 0.142 e. The molecule has 0 aliphatic heterocycles. The SMILES string of the molecule is CNC(c1cc(C)c(F)c(C)c1)c1cccc(Br)c1F. The zero-order valence-corrected chi connectivity index (χ0v) is 13.2. The molecule has 106 valence electrons. The molecule has 0 saturated heterocycles. The van der Waals surface area contributed by atoms with Crippen molar-refractivity contribution in [1.29, 1.82) is 0 Å². The van der Waals surface area contributed by atoms with Crippen molar-refractivity contribution in [2.24, 2.45) is 0 Å². The lowest BCUT2D eigenvalue weighted by Gasteiger charge is -2.20. The van der Waals surface area contributed by atoms with Crippen LogP contribution in [0.2, 0.25) is 0 Å². The summed E-state index contributed by atoms with van der Waals surface area (Å²) in [5.74, 6) is -0.509. The zero-order chi connectivity index (χ0) is 14.9. The van der Waals surface area contributed by atoms with Crippen molar-refractivity contribution in [2.75, 3.05) is 7.05 Å². The van der Waals surface area contributed by atoms with Crippen molar-refractivity contribution in [3.8, 4) is 0 Å². The summed E-state index contributed by atoms with van der Waals surface area (Å²) in [7, 11) is 1.76. The predicted molar refractivity (Wildman–Crippen MR) is 80.9 cm³/mol. The molecule has 0 fully saturated rings. The Balaban J connectivity index is 2.55. The van der Waals surface area contributed by atoms with Gasteiger partial charge in [-0.25, -0.2) is 8.78 Å². The molecule has 1 nitrogen and oxygen atoms in total. The van der Waals surface area contributed by atoms with Gasteiger partial charge in [-0.1, -0.05) is 24.3 Å². The van der Waals surface area contributed by atoms with Crippen molar-refractivity contribution < 1.29 is 8.78 Å². The topological polar surface area (TPSA) is 12.0 Å². The minimum Gasteiger partial charge on any atom is -0.309 e. The number of halogens is 3. The van der Waals surface area contributed by atoms with Crippen molar-refractivity contribution in [3.05, 3.63) is 68.7 Å². The largest absolute Gasteiger partial charge is 0.309 e. The lowest BCUT2D eigenvalue weighted by atomic mass is 9.95. The van der Waals surface area contributed by atoms with Crippen molar-refractivity contribution >= 4 is 15.9 Å². The fraction of sp³-hybridized carbons (Fsp3) is 0.250. The Morgan fingerprint density at radius 1 is 1.05 bits per heavy atom. The number of nitrogens with one attached hydrogen (secondary N) is 1. The molecule has 0 heterocycles. The van der Waals surface area contributed by atoms with E-state index < -0.39 is 0 Å². The summed E-state index contributed by atoms with van der Waals surface area (Å²) in [6, 6.07) is 8.37. The third-order valence-electron chi connectivity index (χ3n) is 3.37. The van der Waals surface area contributed by atoms with E-state index in [9.17, 15) is 8.78 Å². The first-order valence-electron chi connectivity index (χ1n) is 6.33. The fourth-order valence-electron chi connectivity index (χ4n) is 2.39. The Morgan fingerprint density at radius 3 is 2.20 bits per heavy atom. The van der Waals surface area contributed by atoms with Gasteiger partial charge in [0.15, 0.2) is 0 Å². The molecule has 4 heteroatoms. The third-order valence-corrected chi connectivity index (χ3v) is 3.99. The lowest BCUT2D eigenvalue weighted by molar-refractivity contribution is 0.568. The molecule has 0 aliphatic carbocycles. The van der Waals surface area contributed by atoms with Crippen LogP contribution < -0.4 is 5.32 Å². The van der Waals surface area contributed by atoms with Crippen LogP contribution in [0.3, 0.4) is 0 Å². The Kier molecular flexibility index (Phi) is 4.55. The Hall–Kier alpha value is -1.26. The quantitative estimate of drug-likeness (QED) is 0.857. The molecule has 0 bridgehead atoms. The third kappa shape index (κ3) is 2.76. The maximum atomic E-state index is 14.2. The summed E-state index contributed by atoms with van der Waals surface area (Å²) in [6.07, 6.45) is 0. The summed E-state index contributed by atoms with van der Waals surface area (Å²) in [6.45, 7) is 3.44. The van der Waals surface area contributed by atoms with Gasteiger partial charge in [-0.05, 0) is 59.6 Å². The highest BCUT2D eigenvalue weighted by Crippen LogP contribution is 2.29. The van der Waals surface area contributed by atoms with Gasteiger partial charge in [0.05, 0.1) is 10.5 Å². The zero-order valence-electron chi connectivity index (χ0n) is 11.6. The van der Waals surface area contributed by atoms with Crippen LogP contribution in [0.4, 0.5) is 8.78 Å². The van der Waals surface area contributed by atoms with Gasteiger partial charge >= 0.3 is 0 Å². The van der Waals surface area contributed by atoms with Crippen molar-refractivity contribution in [2.45, 2.75) is 19.9 Å². The van der Waals surface area contributed by atoms with E-state index in [1.54, 1.807) is 51.2 Å². The number of aryl methyl sites for hydroxylation is 2. The molecule has 1 N–H and O–H groups in total. The molecule has 2 rings (SSSR count). The van der Waals surface area contributed by atoms with Gasteiger partial charge in [0.2, 0.25) is 0 Å². The molecule has 1 unspecified atom stereocenters. The molecule has 0 aromatic heterocycles. The molecule has 0 radical (unpaired) electrons.